The number of hydrogen-bond donors (Lipinski definition) is 1. The second-order valence-corrected chi connectivity index (χ2v) is 8.16. The van der Waals surface area contributed by atoms with Crippen molar-refractivity contribution in [2.45, 2.75) is 17.3 Å². The Morgan fingerprint density at radius 2 is 1.52 bits per heavy atom. The molecule has 0 aliphatic heterocycles. The third-order valence-corrected chi connectivity index (χ3v) is 6.05. The van der Waals surface area contributed by atoms with E-state index in [1.165, 1.54) is 32.3 Å². The molecule has 1 heterocycles. The van der Waals surface area contributed by atoms with Crippen molar-refractivity contribution in [3.05, 3.63) is 108 Å². The number of benzene rings is 4. The molecule has 142 valence electrons. The van der Waals surface area contributed by atoms with Gasteiger partial charge in [0, 0.05) is 27.2 Å². The summed E-state index contributed by atoms with van der Waals surface area (Å²) in [6, 6.07) is 33.9. The zero-order valence-electron chi connectivity index (χ0n) is 16.0. The number of rotatable bonds is 6. The molecule has 2 nitrogen and oxygen atoms in total. The molecule has 0 unspecified atom stereocenters. The van der Waals surface area contributed by atoms with Gasteiger partial charge >= 0.3 is 0 Å². The van der Waals surface area contributed by atoms with Crippen LogP contribution in [-0.2, 0) is 12.4 Å². The largest absolute Gasteiger partial charge is 0.489 e. The van der Waals surface area contributed by atoms with Crippen molar-refractivity contribution >= 4 is 33.4 Å². The monoisotopic (exact) mass is 395 g/mol. The summed E-state index contributed by atoms with van der Waals surface area (Å²) in [6.07, 6.45) is 0. The van der Waals surface area contributed by atoms with Gasteiger partial charge in [0.05, 0.1) is 0 Å². The Morgan fingerprint density at radius 1 is 0.690 bits per heavy atom. The van der Waals surface area contributed by atoms with E-state index < -0.39 is 0 Å². The minimum Gasteiger partial charge on any atom is -0.489 e. The van der Waals surface area contributed by atoms with Gasteiger partial charge < -0.3 is 9.72 Å². The van der Waals surface area contributed by atoms with E-state index in [9.17, 15) is 0 Å². The molecule has 3 heteroatoms. The van der Waals surface area contributed by atoms with E-state index in [2.05, 4.69) is 77.8 Å². The first-order valence-corrected chi connectivity index (χ1v) is 10.7. The molecule has 1 N–H and O–H groups in total. The maximum Gasteiger partial charge on any atom is 0.120 e. The normalized spacial score (nSPS) is 11.2. The van der Waals surface area contributed by atoms with Gasteiger partial charge in [-0.25, -0.2) is 0 Å². The molecule has 4 aromatic carbocycles. The van der Waals surface area contributed by atoms with Crippen LogP contribution in [0.25, 0.3) is 21.7 Å². The van der Waals surface area contributed by atoms with Gasteiger partial charge in [0.1, 0.15) is 12.4 Å². The summed E-state index contributed by atoms with van der Waals surface area (Å²) in [6.45, 7) is 0.585. The van der Waals surface area contributed by atoms with Gasteiger partial charge in [0.15, 0.2) is 0 Å². The fourth-order valence-corrected chi connectivity index (χ4v) is 4.35. The Balaban J connectivity index is 1.27. The van der Waals surface area contributed by atoms with Crippen LogP contribution in [0.3, 0.4) is 0 Å². The number of hydrogen-bond acceptors (Lipinski definition) is 2. The molecule has 0 saturated heterocycles. The van der Waals surface area contributed by atoms with Crippen LogP contribution in [0.2, 0.25) is 0 Å². The van der Waals surface area contributed by atoms with E-state index in [0.717, 1.165) is 17.0 Å². The van der Waals surface area contributed by atoms with Crippen molar-refractivity contribution in [2.24, 2.45) is 0 Å². The minimum absolute atomic E-state index is 0.585. The molecule has 0 aliphatic rings. The Hall–Kier alpha value is -3.17. The van der Waals surface area contributed by atoms with Crippen LogP contribution in [-0.4, -0.2) is 4.98 Å². The van der Waals surface area contributed by atoms with Crippen molar-refractivity contribution in [1.29, 1.82) is 0 Å². The standard InChI is InChI=1S/C26H21NOS/c1-2-6-19(7-3-1)17-28-24-11-13-26-22(15-24)14-23(27-26)18-29-25-12-10-20-8-4-5-9-21(20)16-25/h1-16,27H,17-18H2. The lowest BCUT2D eigenvalue weighted by molar-refractivity contribution is 0.306. The third kappa shape index (κ3) is 4.15. The maximum absolute atomic E-state index is 5.96. The Morgan fingerprint density at radius 3 is 2.41 bits per heavy atom. The average molecular weight is 396 g/mol. The molecule has 0 aliphatic carbocycles. The predicted molar refractivity (Wildman–Crippen MR) is 123 cm³/mol. The molecule has 0 bridgehead atoms. The first-order chi connectivity index (χ1) is 14.3. The van der Waals surface area contributed by atoms with Crippen molar-refractivity contribution < 1.29 is 4.74 Å². The molecular formula is C26H21NOS. The molecule has 0 amide bonds. The average Bonchev–Trinajstić information content (AvgIpc) is 3.19. The molecule has 0 radical (unpaired) electrons. The van der Waals surface area contributed by atoms with Crippen LogP contribution in [0.1, 0.15) is 11.3 Å². The summed E-state index contributed by atoms with van der Waals surface area (Å²) < 4.78 is 5.96. The van der Waals surface area contributed by atoms with Gasteiger partial charge in [-0.3, -0.25) is 0 Å². The summed E-state index contributed by atoms with van der Waals surface area (Å²) in [5.41, 5.74) is 3.54. The number of nitrogens with one attached hydrogen (secondary N) is 1. The predicted octanol–water partition coefficient (Wildman–Crippen LogP) is 7.19. The van der Waals surface area contributed by atoms with Gasteiger partial charge in [0.2, 0.25) is 0 Å². The summed E-state index contributed by atoms with van der Waals surface area (Å²) in [5, 5.41) is 3.75. The van der Waals surface area contributed by atoms with Crippen LogP contribution in [0.4, 0.5) is 0 Å². The Labute approximate surface area is 174 Å². The minimum atomic E-state index is 0.585. The lowest BCUT2D eigenvalue weighted by atomic mass is 10.1. The zero-order valence-corrected chi connectivity index (χ0v) is 16.8. The Kier molecular flexibility index (Phi) is 4.97. The van der Waals surface area contributed by atoms with Crippen molar-refractivity contribution in [2.75, 3.05) is 0 Å². The van der Waals surface area contributed by atoms with Gasteiger partial charge in [0.25, 0.3) is 0 Å². The second-order valence-electron chi connectivity index (χ2n) is 7.12. The van der Waals surface area contributed by atoms with Gasteiger partial charge in [-0.1, -0.05) is 60.7 Å². The van der Waals surface area contributed by atoms with E-state index in [0.29, 0.717) is 6.61 Å². The second kappa shape index (κ2) is 8.06. The van der Waals surface area contributed by atoms with E-state index in [1.807, 2.05) is 36.0 Å². The van der Waals surface area contributed by atoms with Crippen molar-refractivity contribution in [1.82, 2.24) is 4.98 Å². The fraction of sp³-hybridized carbons (Fsp3) is 0.0769. The number of aromatic amines is 1. The zero-order chi connectivity index (χ0) is 19.5. The molecule has 5 rings (SSSR count). The summed E-state index contributed by atoms with van der Waals surface area (Å²) in [4.78, 5) is 4.81. The van der Waals surface area contributed by atoms with Gasteiger partial charge in [-0.2, -0.15) is 0 Å². The van der Waals surface area contributed by atoms with Gasteiger partial charge in [-0.15, -0.1) is 11.8 Å². The smallest absolute Gasteiger partial charge is 0.120 e. The molecule has 29 heavy (non-hydrogen) atoms. The SMILES string of the molecule is c1ccc(COc2ccc3[nH]c(CSc4ccc5ccccc5c4)cc3c2)cc1. The van der Waals surface area contributed by atoms with E-state index >= 15 is 0 Å². The molecule has 0 saturated carbocycles. The molecule has 5 aromatic rings. The molecule has 1 aromatic heterocycles. The van der Waals surface area contributed by atoms with E-state index in [1.54, 1.807) is 0 Å². The maximum atomic E-state index is 5.96. The first kappa shape index (κ1) is 17.9. The topological polar surface area (TPSA) is 25.0 Å². The third-order valence-electron chi connectivity index (χ3n) is 5.01. The van der Waals surface area contributed by atoms with E-state index in [-0.39, 0.29) is 0 Å². The van der Waals surface area contributed by atoms with Crippen LogP contribution >= 0.6 is 11.8 Å². The van der Waals surface area contributed by atoms with Crippen molar-refractivity contribution in [3.8, 4) is 5.75 Å². The van der Waals surface area contributed by atoms with Crippen molar-refractivity contribution in [3.63, 3.8) is 0 Å². The lowest BCUT2D eigenvalue weighted by Gasteiger charge is -2.06. The summed E-state index contributed by atoms with van der Waals surface area (Å²) in [5.74, 6) is 1.81. The van der Waals surface area contributed by atoms with Crippen LogP contribution in [0.5, 0.6) is 5.75 Å². The molecule has 0 atom stereocenters. The van der Waals surface area contributed by atoms with E-state index in [4.69, 9.17) is 4.74 Å². The molecular weight excluding hydrogens is 374 g/mol. The Bertz CT molecular complexity index is 1260. The summed E-state index contributed by atoms with van der Waals surface area (Å²) in [7, 11) is 0. The molecule has 0 fully saturated rings. The number of aromatic nitrogens is 1. The number of H-pyrrole nitrogens is 1. The highest BCUT2D eigenvalue weighted by Gasteiger charge is 2.05. The number of fused-ring (bicyclic) bond motifs is 2. The number of ether oxygens (including phenoxy) is 1. The fourth-order valence-electron chi connectivity index (χ4n) is 3.50. The number of thioether (sulfide) groups is 1. The first-order valence-electron chi connectivity index (χ1n) is 9.73. The van der Waals surface area contributed by atoms with Crippen LogP contribution in [0.15, 0.2) is 102 Å². The molecule has 0 spiro atoms. The highest BCUT2D eigenvalue weighted by atomic mass is 32.2. The van der Waals surface area contributed by atoms with Crippen LogP contribution < -0.4 is 4.74 Å². The highest BCUT2D eigenvalue weighted by Crippen LogP contribution is 2.29. The quantitative estimate of drug-likeness (QED) is 0.308. The summed E-state index contributed by atoms with van der Waals surface area (Å²) >= 11 is 1.85. The highest BCUT2D eigenvalue weighted by molar-refractivity contribution is 7.98. The lowest BCUT2D eigenvalue weighted by Crippen LogP contribution is -1.94. The van der Waals surface area contributed by atoms with Gasteiger partial charge in [-0.05, 0) is 52.7 Å². The van der Waals surface area contributed by atoms with Crippen LogP contribution in [0, 0.1) is 0 Å².